The van der Waals surface area contributed by atoms with Gasteiger partial charge in [-0.1, -0.05) is 15.9 Å². The van der Waals surface area contributed by atoms with Crippen molar-refractivity contribution in [2.45, 2.75) is 20.8 Å². The number of nitrogens with two attached hydrogens (primary N) is 1. The molecule has 1 aromatic carbocycles. The number of rotatable bonds is 3. The van der Waals surface area contributed by atoms with E-state index in [1.54, 1.807) is 19.1 Å². The van der Waals surface area contributed by atoms with Gasteiger partial charge in [0, 0.05) is 21.8 Å². The summed E-state index contributed by atoms with van der Waals surface area (Å²) >= 11 is 3.51. The van der Waals surface area contributed by atoms with Gasteiger partial charge in [-0.3, -0.25) is 4.79 Å². The Balaban J connectivity index is 2.37. The van der Waals surface area contributed by atoms with Crippen molar-refractivity contribution in [2.75, 3.05) is 0 Å². The van der Waals surface area contributed by atoms with E-state index in [9.17, 15) is 4.79 Å². The van der Waals surface area contributed by atoms with Crippen LogP contribution in [0.2, 0.25) is 0 Å². The number of benzene rings is 1. The van der Waals surface area contributed by atoms with Crippen molar-refractivity contribution >= 4 is 21.8 Å². The molecule has 104 valence electrons. The second-order valence-electron chi connectivity index (χ2n) is 4.67. The third-order valence-corrected chi connectivity index (χ3v) is 4.10. The molecule has 4 nitrogen and oxygen atoms in total. The van der Waals surface area contributed by atoms with Crippen LogP contribution in [0.15, 0.2) is 28.7 Å². The fraction of sp³-hybridized carbons (Fsp3) is 0.200. The van der Waals surface area contributed by atoms with Crippen LogP contribution in [0.5, 0.6) is 11.6 Å². The van der Waals surface area contributed by atoms with E-state index in [0.29, 0.717) is 22.9 Å². The van der Waals surface area contributed by atoms with E-state index in [2.05, 4.69) is 20.9 Å². The minimum Gasteiger partial charge on any atom is -0.439 e. The maximum absolute atomic E-state index is 11.2. The Morgan fingerprint density at radius 1 is 1.15 bits per heavy atom. The highest BCUT2D eigenvalue weighted by atomic mass is 79.9. The number of nitrogens with zero attached hydrogens (tertiary/aromatic N) is 1. The van der Waals surface area contributed by atoms with Crippen LogP contribution in [0, 0.1) is 20.8 Å². The van der Waals surface area contributed by atoms with Crippen LogP contribution in [0.4, 0.5) is 0 Å². The van der Waals surface area contributed by atoms with E-state index in [-0.39, 0.29) is 0 Å². The Bertz CT molecular complexity index is 661. The third kappa shape index (κ3) is 3.17. The number of ether oxygens (including phenoxy) is 1. The molecule has 2 aromatic rings. The van der Waals surface area contributed by atoms with E-state index < -0.39 is 5.91 Å². The SMILES string of the molecule is Cc1cc(C(N)=O)cc(Oc2cc(C)c(Br)c(C)c2)n1. The predicted molar refractivity (Wildman–Crippen MR) is 81.2 cm³/mol. The summed E-state index contributed by atoms with van der Waals surface area (Å²) in [5, 5.41) is 0. The van der Waals surface area contributed by atoms with Crippen molar-refractivity contribution in [3.05, 3.63) is 51.1 Å². The number of hydrogen-bond acceptors (Lipinski definition) is 3. The molecule has 2 rings (SSSR count). The summed E-state index contributed by atoms with van der Waals surface area (Å²) in [6, 6.07) is 6.99. The molecule has 0 saturated carbocycles. The fourth-order valence-electron chi connectivity index (χ4n) is 1.92. The summed E-state index contributed by atoms with van der Waals surface area (Å²) in [6.07, 6.45) is 0. The summed E-state index contributed by atoms with van der Waals surface area (Å²) in [4.78, 5) is 15.5. The van der Waals surface area contributed by atoms with Gasteiger partial charge in [-0.2, -0.15) is 0 Å². The first-order valence-corrected chi connectivity index (χ1v) is 6.89. The van der Waals surface area contributed by atoms with Gasteiger partial charge >= 0.3 is 0 Å². The zero-order chi connectivity index (χ0) is 14.9. The van der Waals surface area contributed by atoms with E-state index >= 15 is 0 Å². The Morgan fingerprint density at radius 3 is 2.30 bits per heavy atom. The second kappa shape index (κ2) is 5.63. The molecular formula is C15H15BrN2O2. The van der Waals surface area contributed by atoms with Gasteiger partial charge in [-0.25, -0.2) is 4.98 Å². The lowest BCUT2D eigenvalue weighted by atomic mass is 10.1. The summed E-state index contributed by atoms with van der Waals surface area (Å²) in [5.41, 5.74) is 8.50. The number of halogens is 1. The molecule has 0 atom stereocenters. The number of aryl methyl sites for hydroxylation is 3. The predicted octanol–water partition coefficient (Wildman–Crippen LogP) is 3.66. The van der Waals surface area contributed by atoms with Crippen LogP contribution in [0.25, 0.3) is 0 Å². The van der Waals surface area contributed by atoms with Crippen molar-refractivity contribution in [1.82, 2.24) is 4.98 Å². The van der Waals surface area contributed by atoms with Gasteiger partial charge in [0.15, 0.2) is 0 Å². The summed E-state index contributed by atoms with van der Waals surface area (Å²) in [6.45, 7) is 5.77. The van der Waals surface area contributed by atoms with E-state index in [0.717, 1.165) is 15.6 Å². The van der Waals surface area contributed by atoms with Gasteiger partial charge in [-0.05, 0) is 50.1 Å². The Labute approximate surface area is 126 Å². The Morgan fingerprint density at radius 2 is 1.75 bits per heavy atom. The first-order valence-electron chi connectivity index (χ1n) is 6.10. The molecule has 0 saturated heterocycles. The van der Waals surface area contributed by atoms with E-state index in [1.165, 1.54) is 0 Å². The van der Waals surface area contributed by atoms with Crippen LogP contribution in [-0.4, -0.2) is 10.9 Å². The molecule has 2 N–H and O–H groups in total. The maximum atomic E-state index is 11.2. The smallest absolute Gasteiger partial charge is 0.248 e. The zero-order valence-corrected chi connectivity index (χ0v) is 13.1. The molecule has 0 aliphatic rings. The highest BCUT2D eigenvalue weighted by molar-refractivity contribution is 9.10. The molecule has 1 aromatic heterocycles. The molecule has 20 heavy (non-hydrogen) atoms. The molecule has 0 aliphatic heterocycles. The van der Waals surface area contributed by atoms with Crippen molar-refractivity contribution in [3.8, 4) is 11.6 Å². The van der Waals surface area contributed by atoms with Gasteiger partial charge in [0.2, 0.25) is 11.8 Å². The summed E-state index contributed by atoms with van der Waals surface area (Å²) < 4.78 is 6.78. The third-order valence-electron chi connectivity index (χ3n) is 2.85. The quantitative estimate of drug-likeness (QED) is 0.931. The van der Waals surface area contributed by atoms with Gasteiger partial charge in [-0.15, -0.1) is 0 Å². The second-order valence-corrected chi connectivity index (χ2v) is 5.47. The van der Waals surface area contributed by atoms with Crippen molar-refractivity contribution < 1.29 is 9.53 Å². The van der Waals surface area contributed by atoms with E-state index in [1.807, 2.05) is 26.0 Å². The van der Waals surface area contributed by atoms with Gasteiger partial charge in [0.05, 0.1) is 0 Å². The topological polar surface area (TPSA) is 65.2 Å². The zero-order valence-electron chi connectivity index (χ0n) is 11.5. The molecule has 0 fully saturated rings. The molecule has 5 heteroatoms. The van der Waals surface area contributed by atoms with Gasteiger partial charge in [0.1, 0.15) is 5.75 Å². The molecule has 0 spiro atoms. The number of primary amides is 1. The van der Waals surface area contributed by atoms with Gasteiger partial charge in [0.25, 0.3) is 0 Å². The highest BCUT2D eigenvalue weighted by Gasteiger charge is 2.08. The van der Waals surface area contributed by atoms with E-state index in [4.69, 9.17) is 10.5 Å². The van der Waals surface area contributed by atoms with Crippen LogP contribution in [-0.2, 0) is 0 Å². The standard InChI is InChI=1S/C15H15BrN2O2/c1-8-4-12(5-9(2)14(8)16)20-13-7-11(15(17)19)6-10(3)18-13/h4-7H,1-3H3,(H2,17,19). The normalized spacial score (nSPS) is 10.4. The molecule has 1 heterocycles. The number of carbonyl (C=O) groups excluding carboxylic acids is 1. The fourth-order valence-corrected chi connectivity index (χ4v) is 2.15. The first kappa shape index (κ1) is 14.5. The van der Waals surface area contributed by atoms with Crippen molar-refractivity contribution in [2.24, 2.45) is 5.73 Å². The van der Waals surface area contributed by atoms with Gasteiger partial charge < -0.3 is 10.5 Å². The molecule has 1 amide bonds. The first-order chi connectivity index (χ1) is 9.36. The molecule has 0 bridgehead atoms. The maximum Gasteiger partial charge on any atom is 0.248 e. The van der Waals surface area contributed by atoms with Crippen LogP contribution < -0.4 is 10.5 Å². The lowest BCUT2D eigenvalue weighted by Gasteiger charge is -2.10. The molecule has 0 unspecified atom stereocenters. The minimum absolute atomic E-state index is 0.361. The van der Waals surface area contributed by atoms with Crippen LogP contribution >= 0.6 is 15.9 Å². The number of amides is 1. The van der Waals surface area contributed by atoms with Crippen LogP contribution in [0.3, 0.4) is 0 Å². The Hall–Kier alpha value is -1.88. The number of hydrogen-bond donors (Lipinski definition) is 1. The number of pyridine rings is 1. The highest BCUT2D eigenvalue weighted by Crippen LogP contribution is 2.29. The number of carbonyl (C=O) groups is 1. The summed E-state index contributed by atoms with van der Waals surface area (Å²) in [5.74, 6) is 0.542. The lowest BCUT2D eigenvalue weighted by Crippen LogP contribution is -2.11. The largest absolute Gasteiger partial charge is 0.439 e. The summed E-state index contributed by atoms with van der Waals surface area (Å²) in [7, 11) is 0. The molecule has 0 aliphatic carbocycles. The molecular weight excluding hydrogens is 320 g/mol. The van der Waals surface area contributed by atoms with Crippen molar-refractivity contribution in [3.63, 3.8) is 0 Å². The average molecular weight is 335 g/mol. The molecule has 0 radical (unpaired) electrons. The monoisotopic (exact) mass is 334 g/mol. The Kier molecular flexibility index (Phi) is 4.09. The number of aromatic nitrogens is 1. The minimum atomic E-state index is -0.497. The lowest BCUT2D eigenvalue weighted by molar-refractivity contribution is 0.0999. The van der Waals surface area contributed by atoms with Crippen LogP contribution in [0.1, 0.15) is 27.2 Å². The van der Waals surface area contributed by atoms with Crippen molar-refractivity contribution in [1.29, 1.82) is 0 Å². The average Bonchev–Trinajstić information content (AvgIpc) is 2.35.